The zero-order chi connectivity index (χ0) is 19.3. The molecule has 0 saturated carbocycles. The lowest BCUT2D eigenvalue weighted by atomic mass is 10.1. The standard InChI is InChI=1S/C20H26N2O4S/c1-22(2)18(17-10-11-19-20(13-17)26-15-25-19)14-21-27(23,24)12-6-9-16-7-4-3-5-8-16/h3-5,7-8,10-11,13,18,21H,6,9,12,14-15H2,1-2H3. The van der Waals surface area contributed by atoms with Gasteiger partial charge in [0.2, 0.25) is 16.8 Å². The molecule has 1 aliphatic rings. The van der Waals surface area contributed by atoms with Crippen molar-refractivity contribution in [2.45, 2.75) is 18.9 Å². The zero-order valence-electron chi connectivity index (χ0n) is 15.7. The lowest BCUT2D eigenvalue weighted by Crippen LogP contribution is -2.35. The SMILES string of the molecule is CN(C)C(CNS(=O)(=O)CCCc1ccccc1)c1ccc2c(c1)OCO2. The van der Waals surface area contributed by atoms with Crippen molar-refractivity contribution >= 4 is 10.0 Å². The summed E-state index contributed by atoms with van der Waals surface area (Å²) in [5.74, 6) is 1.53. The van der Waals surface area contributed by atoms with Gasteiger partial charge in [0, 0.05) is 12.6 Å². The third kappa shape index (κ3) is 5.45. The summed E-state index contributed by atoms with van der Waals surface area (Å²) in [7, 11) is 0.527. The quantitative estimate of drug-likeness (QED) is 0.713. The summed E-state index contributed by atoms with van der Waals surface area (Å²) in [5, 5.41) is 0. The van der Waals surface area contributed by atoms with Crippen molar-refractivity contribution in [3.8, 4) is 11.5 Å². The van der Waals surface area contributed by atoms with Gasteiger partial charge in [0.25, 0.3) is 0 Å². The molecule has 0 spiro atoms. The van der Waals surface area contributed by atoms with Crippen LogP contribution in [0.5, 0.6) is 11.5 Å². The molecule has 0 fully saturated rings. The lowest BCUT2D eigenvalue weighted by Gasteiger charge is -2.25. The average Bonchev–Trinajstić information content (AvgIpc) is 3.10. The Morgan fingerprint density at radius 2 is 1.81 bits per heavy atom. The van der Waals surface area contributed by atoms with Crippen LogP contribution in [-0.2, 0) is 16.4 Å². The van der Waals surface area contributed by atoms with E-state index in [-0.39, 0.29) is 18.6 Å². The van der Waals surface area contributed by atoms with Crippen LogP contribution in [0.25, 0.3) is 0 Å². The Balaban J connectivity index is 1.56. The fourth-order valence-electron chi connectivity index (χ4n) is 3.11. The number of aryl methyl sites for hydroxylation is 1. The van der Waals surface area contributed by atoms with E-state index in [0.717, 1.165) is 23.3 Å². The van der Waals surface area contributed by atoms with E-state index < -0.39 is 10.0 Å². The van der Waals surface area contributed by atoms with Gasteiger partial charge in [-0.3, -0.25) is 0 Å². The smallest absolute Gasteiger partial charge is 0.231 e. The molecule has 1 aliphatic heterocycles. The van der Waals surface area contributed by atoms with Gasteiger partial charge in [-0.05, 0) is 50.2 Å². The first-order valence-electron chi connectivity index (χ1n) is 9.02. The van der Waals surface area contributed by atoms with E-state index >= 15 is 0 Å². The second-order valence-corrected chi connectivity index (χ2v) is 8.78. The Bertz CT molecular complexity index is 854. The van der Waals surface area contributed by atoms with E-state index in [1.165, 1.54) is 0 Å². The molecule has 0 amide bonds. The van der Waals surface area contributed by atoms with Gasteiger partial charge >= 0.3 is 0 Å². The van der Waals surface area contributed by atoms with Gasteiger partial charge in [0.05, 0.1) is 5.75 Å². The fourth-order valence-corrected chi connectivity index (χ4v) is 4.19. The minimum atomic E-state index is -3.33. The molecule has 146 valence electrons. The predicted octanol–water partition coefficient (Wildman–Crippen LogP) is 2.57. The number of sulfonamides is 1. The Morgan fingerprint density at radius 1 is 1.07 bits per heavy atom. The van der Waals surface area contributed by atoms with Crippen molar-refractivity contribution in [3.63, 3.8) is 0 Å². The maximum Gasteiger partial charge on any atom is 0.231 e. The Labute approximate surface area is 161 Å². The number of hydrogen-bond donors (Lipinski definition) is 1. The number of benzene rings is 2. The van der Waals surface area contributed by atoms with Crippen LogP contribution < -0.4 is 14.2 Å². The first kappa shape index (κ1) is 19.7. The number of nitrogens with one attached hydrogen (secondary N) is 1. The van der Waals surface area contributed by atoms with Gasteiger partial charge < -0.3 is 14.4 Å². The molecule has 2 aromatic rings. The largest absolute Gasteiger partial charge is 0.454 e. The summed E-state index contributed by atoms with van der Waals surface area (Å²) in [6.45, 7) is 0.528. The highest BCUT2D eigenvalue weighted by molar-refractivity contribution is 7.89. The number of fused-ring (bicyclic) bond motifs is 1. The lowest BCUT2D eigenvalue weighted by molar-refractivity contribution is 0.174. The summed E-state index contributed by atoms with van der Waals surface area (Å²) in [5.41, 5.74) is 2.13. The zero-order valence-corrected chi connectivity index (χ0v) is 16.5. The van der Waals surface area contributed by atoms with E-state index in [4.69, 9.17) is 9.47 Å². The highest BCUT2D eigenvalue weighted by Gasteiger charge is 2.21. The molecule has 1 heterocycles. The Morgan fingerprint density at radius 3 is 2.56 bits per heavy atom. The molecule has 0 aromatic heterocycles. The monoisotopic (exact) mass is 390 g/mol. The molecule has 1 atom stereocenters. The van der Waals surface area contributed by atoms with Crippen molar-refractivity contribution in [2.75, 3.05) is 33.2 Å². The average molecular weight is 391 g/mol. The highest BCUT2D eigenvalue weighted by atomic mass is 32.2. The number of rotatable bonds is 9. The van der Waals surface area contributed by atoms with Crippen LogP contribution in [0.15, 0.2) is 48.5 Å². The molecule has 0 saturated heterocycles. The van der Waals surface area contributed by atoms with E-state index in [1.807, 2.05) is 67.5 Å². The van der Waals surface area contributed by atoms with E-state index in [2.05, 4.69) is 4.72 Å². The van der Waals surface area contributed by atoms with Crippen LogP contribution in [-0.4, -0.2) is 46.5 Å². The van der Waals surface area contributed by atoms with Gasteiger partial charge in [-0.2, -0.15) is 0 Å². The molecule has 3 rings (SSSR count). The molecule has 6 nitrogen and oxygen atoms in total. The van der Waals surface area contributed by atoms with Crippen molar-refractivity contribution in [2.24, 2.45) is 0 Å². The second kappa shape index (κ2) is 8.73. The molecule has 0 radical (unpaired) electrons. The third-order valence-electron chi connectivity index (χ3n) is 4.62. The van der Waals surface area contributed by atoms with Gasteiger partial charge in [-0.1, -0.05) is 36.4 Å². The third-order valence-corrected chi connectivity index (χ3v) is 6.06. The summed E-state index contributed by atoms with van der Waals surface area (Å²) in [6.07, 6.45) is 1.34. The fraction of sp³-hybridized carbons (Fsp3) is 0.400. The number of ether oxygens (including phenoxy) is 2. The summed E-state index contributed by atoms with van der Waals surface area (Å²) >= 11 is 0. The number of likely N-dealkylation sites (N-methyl/N-ethyl adjacent to an activating group) is 1. The van der Waals surface area contributed by atoms with Crippen molar-refractivity contribution in [3.05, 3.63) is 59.7 Å². The second-order valence-electron chi connectivity index (χ2n) is 6.85. The van der Waals surface area contributed by atoms with E-state index in [1.54, 1.807) is 0 Å². The van der Waals surface area contributed by atoms with Crippen molar-refractivity contribution in [1.29, 1.82) is 0 Å². The van der Waals surface area contributed by atoms with Crippen molar-refractivity contribution < 1.29 is 17.9 Å². The van der Waals surface area contributed by atoms with Crippen LogP contribution in [0, 0.1) is 0 Å². The molecule has 0 bridgehead atoms. The summed E-state index contributed by atoms with van der Waals surface area (Å²) in [6, 6.07) is 15.6. The number of hydrogen-bond acceptors (Lipinski definition) is 5. The van der Waals surface area contributed by atoms with Gasteiger partial charge in [0.15, 0.2) is 11.5 Å². The molecule has 1 unspecified atom stereocenters. The molecule has 27 heavy (non-hydrogen) atoms. The molecular weight excluding hydrogens is 364 g/mol. The van der Waals surface area contributed by atoms with Gasteiger partial charge in [-0.25, -0.2) is 13.1 Å². The van der Waals surface area contributed by atoms with Crippen LogP contribution in [0.3, 0.4) is 0 Å². The first-order valence-corrected chi connectivity index (χ1v) is 10.7. The first-order chi connectivity index (χ1) is 12.9. The van der Waals surface area contributed by atoms with Crippen LogP contribution in [0.4, 0.5) is 0 Å². The maximum atomic E-state index is 12.4. The Kier molecular flexibility index (Phi) is 6.36. The summed E-state index contributed by atoms with van der Waals surface area (Å²) < 4.78 is 38.3. The molecule has 2 aromatic carbocycles. The molecular formula is C20H26N2O4S. The topological polar surface area (TPSA) is 67.9 Å². The molecule has 1 N–H and O–H groups in total. The van der Waals surface area contributed by atoms with Gasteiger partial charge in [-0.15, -0.1) is 0 Å². The van der Waals surface area contributed by atoms with Crippen molar-refractivity contribution in [1.82, 2.24) is 9.62 Å². The molecule has 7 heteroatoms. The predicted molar refractivity (Wildman–Crippen MR) is 106 cm³/mol. The Hall–Kier alpha value is -2.09. The number of nitrogens with zero attached hydrogens (tertiary/aromatic N) is 1. The van der Waals surface area contributed by atoms with E-state index in [9.17, 15) is 8.42 Å². The maximum absolute atomic E-state index is 12.4. The van der Waals surface area contributed by atoms with Crippen LogP contribution in [0.2, 0.25) is 0 Å². The van der Waals surface area contributed by atoms with Crippen LogP contribution in [0.1, 0.15) is 23.6 Å². The normalized spacial score (nSPS) is 14.5. The van der Waals surface area contributed by atoms with E-state index in [0.29, 0.717) is 18.7 Å². The van der Waals surface area contributed by atoms with Gasteiger partial charge in [0.1, 0.15) is 0 Å². The van der Waals surface area contributed by atoms with Crippen LogP contribution >= 0.6 is 0 Å². The summed E-state index contributed by atoms with van der Waals surface area (Å²) in [4.78, 5) is 1.99. The minimum absolute atomic E-state index is 0.0941. The molecule has 0 aliphatic carbocycles. The highest BCUT2D eigenvalue weighted by Crippen LogP contribution is 2.34. The minimum Gasteiger partial charge on any atom is -0.454 e.